The molecule has 1 fully saturated rings. The van der Waals surface area contributed by atoms with Crippen molar-refractivity contribution in [2.45, 2.75) is 31.3 Å². The van der Waals surface area contributed by atoms with Crippen LogP contribution in [-0.4, -0.2) is 55.6 Å². The van der Waals surface area contributed by atoms with Gasteiger partial charge in [-0.15, -0.1) is 0 Å². The molecule has 39 heavy (non-hydrogen) atoms. The highest BCUT2D eigenvalue weighted by molar-refractivity contribution is 6.22. The van der Waals surface area contributed by atoms with Crippen LogP contribution in [0, 0.1) is 0 Å². The molecule has 3 aromatic carbocycles. The molecule has 0 saturated carbocycles. The Balaban J connectivity index is 1.41. The molecule has 0 spiro atoms. The minimum Gasteiger partial charge on any atom is -0.493 e. The van der Waals surface area contributed by atoms with Crippen molar-refractivity contribution < 1.29 is 23.8 Å². The lowest BCUT2D eigenvalue weighted by Gasteiger charge is -2.40. The van der Waals surface area contributed by atoms with E-state index in [4.69, 9.17) is 14.2 Å². The first-order valence-electron chi connectivity index (χ1n) is 13.0. The summed E-state index contributed by atoms with van der Waals surface area (Å²) in [5.74, 6) is 0.702. The predicted octanol–water partition coefficient (Wildman–Crippen LogP) is 5.03. The molecule has 1 saturated heterocycles. The fourth-order valence-electron chi connectivity index (χ4n) is 6.21. The van der Waals surface area contributed by atoms with E-state index in [-0.39, 0.29) is 30.2 Å². The summed E-state index contributed by atoms with van der Waals surface area (Å²) in [4.78, 5) is 34.4. The first-order valence-corrected chi connectivity index (χ1v) is 13.0. The van der Waals surface area contributed by atoms with Gasteiger partial charge in [0.2, 0.25) is 11.7 Å². The van der Waals surface area contributed by atoms with E-state index in [0.29, 0.717) is 29.5 Å². The minimum atomic E-state index is -0.600. The Bertz CT molecular complexity index is 1540. The number of para-hydroxylation sites is 1. The predicted molar refractivity (Wildman–Crippen MR) is 149 cm³/mol. The summed E-state index contributed by atoms with van der Waals surface area (Å²) in [5, 5.41) is 1.20. The van der Waals surface area contributed by atoms with Gasteiger partial charge in [-0.3, -0.25) is 14.5 Å². The fraction of sp³-hybridized carbons (Fsp3) is 0.290. The van der Waals surface area contributed by atoms with E-state index in [9.17, 15) is 9.59 Å². The third-order valence-electron chi connectivity index (χ3n) is 8.07. The first-order chi connectivity index (χ1) is 19.0. The molecular formula is C31H31N3O5. The maximum atomic E-state index is 14.0. The largest absolute Gasteiger partial charge is 0.493 e. The average Bonchev–Trinajstić information content (AvgIpc) is 3.50. The van der Waals surface area contributed by atoms with E-state index >= 15 is 0 Å². The second-order valence-corrected chi connectivity index (χ2v) is 10.0. The summed E-state index contributed by atoms with van der Waals surface area (Å²) in [6.07, 6.45) is 0.0942. The van der Waals surface area contributed by atoms with Gasteiger partial charge in [-0.2, -0.15) is 0 Å². The van der Waals surface area contributed by atoms with Crippen LogP contribution >= 0.6 is 0 Å². The van der Waals surface area contributed by atoms with Gasteiger partial charge in [0.1, 0.15) is 0 Å². The van der Waals surface area contributed by atoms with Crippen LogP contribution < -0.4 is 19.1 Å². The Morgan fingerprint density at radius 1 is 0.872 bits per heavy atom. The van der Waals surface area contributed by atoms with Gasteiger partial charge in [0, 0.05) is 47.2 Å². The number of hydrogen-bond donors (Lipinski definition) is 1. The molecule has 2 aliphatic rings. The van der Waals surface area contributed by atoms with E-state index < -0.39 is 6.04 Å². The standard InChI is InChI=1S/C31H31N3O5/c1-18-29-28(21-12-8-9-13-23(21)32-29)22(19-10-6-5-7-11-19)17-33(18)24-16-27(35)34(31(24)36)20-14-25(37-2)30(39-4)26(15-20)38-3/h5-15,18,22,24,32H,16-17H2,1-4H3. The second kappa shape index (κ2) is 9.78. The Kier molecular flexibility index (Phi) is 6.27. The number of benzene rings is 3. The number of nitrogens with one attached hydrogen (secondary N) is 1. The molecule has 6 rings (SSSR count). The van der Waals surface area contributed by atoms with Crippen LogP contribution in [-0.2, 0) is 9.59 Å². The van der Waals surface area contributed by atoms with Crippen LogP contribution in [0.15, 0.2) is 66.7 Å². The normalized spacial score (nSPS) is 21.3. The van der Waals surface area contributed by atoms with Crippen molar-refractivity contribution in [2.75, 3.05) is 32.8 Å². The Labute approximate surface area is 227 Å². The summed E-state index contributed by atoms with van der Waals surface area (Å²) in [7, 11) is 4.53. The zero-order valence-electron chi connectivity index (χ0n) is 22.4. The van der Waals surface area contributed by atoms with Crippen LogP contribution in [0.2, 0.25) is 0 Å². The number of imide groups is 1. The minimum absolute atomic E-state index is 0.0478. The number of amides is 2. The number of fused-ring (bicyclic) bond motifs is 3. The van der Waals surface area contributed by atoms with Crippen molar-refractivity contribution >= 4 is 28.4 Å². The van der Waals surface area contributed by atoms with Crippen LogP contribution in [0.3, 0.4) is 0 Å². The molecule has 4 aromatic rings. The monoisotopic (exact) mass is 525 g/mol. The smallest absolute Gasteiger partial charge is 0.251 e. The first kappa shape index (κ1) is 25.0. The SMILES string of the molecule is COc1cc(N2C(=O)CC(N3CC(c4ccccc4)c4c([nH]c5ccccc45)C3C)C2=O)cc(OC)c1OC. The third-order valence-corrected chi connectivity index (χ3v) is 8.07. The molecule has 8 nitrogen and oxygen atoms in total. The number of ether oxygens (including phenoxy) is 3. The summed E-state index contributed by atoms with van der Waals surface area (Å²) >= 11 is 0. The number of hydrogen-bond acceptors (Lipinski definition) is 6. The van der Waals surface area contributed by atoms with E-state index in [0.717, 1.165) is 11.2 Å². The van der Waals surface area contributed by atoms with Gasteiger partial charge in [0.15, 0.2) is 11.5 Å². The summed E-state index contributed by atoms with van der Waals surface area (Å²) < 4.78 is 16.4. The molecule has 0 bridgehead atoms. The van der Waals surface area contributed by atoms with E-state index in [2.05, 4.69) is 47.1 Å². The van der Waals surface area contributed by atoms with Gasteiger partial charge in [0.25, 0.3) is 5.91 Å². The molecule has 3 unspecified atom stereocenters. The van der Waals surface area contributed by atoms with Gasteiger partial charge in [-0.1, -0.05) is 48.5 Å². The van der Waals surface area contributed by atoms with E-state index in [1.54, 1.807) is 12.1 Å². The maximum Gasteiger partial charge on any atom is 0.251 e. The third kappa shape index (κ3) is 3.94. The Hall–Kier alpha value is -4.30. The Morgan fingerprint density at radius 2 is 1.54 bits per heavy atom. The lowest BCUT2D eigenvalue weighted by molar-refractivity contribution is -0.123. The average molecular weight is 526 g/mol. The van der Waals surface area contributed by atoms with Crippen molar-refractivity contribution in [1.29, 1.82) is 0 Å². The second-order valence-electron chi connectivity index (χ2n) is 10.0. The van der Waals surface area contributed by atoms with Crippen LogP contribution in [0.5, 0.6) is 17.2 Å². The molecule has 0 aliphatic carbocycles. The van der Waals surface area contributed by atoms with Gasteiger partial charge in [-0.05, 0) is 24.1 Å². The topological polar surface area (TPSA) is 84.1 Å². The van der Waals surface area contributed by atoms with Crippen molar-refractivity contribution in [3.8, 4) is 17.2 Å². The molecule has 2 aliphatic heterocycles. The zero-order valence-corrected chi connectivity index (χ0v) is 22.4. The molecule has 1 aromatic heterocycles. The number of carbonyl (C=O) groups excluding carboxylic acids is 2. The molecule has 0 radical (unpaired) electrons. The number of rotatable bonds is 6. The lowest BCUT2D eigenvalue weighted by atomic mass is 9.83. The van der Waals surface area contributed by atoms with Gasteiger partial charge in [0.05, 0.1) is 39.5 Å². The molecule has 8 heteroatoms. The lowest BCUT2D eigenvalue weighted by Crippen LogP contribution is -2.47. The van der Waals surface area contributed by atoms with Crippen LogP contribution in [0.1, 0.15) is 42.1 Å². The van der Waals surface area contributed by atoms with E-state index in [1.165, 1.54) is 42.7 Å². The number of aromatic amines is 1. The van der Waals surface area contributed by atoms with E-state index in [1.807, 2.05) is 24.3 Å². The highest BCUT2D eigenvalue weighted by Gasteiger charge is 2.47. The highest BCUT2D eigenvalue weighted by Crippen LogP contribution is 2.46. The molecule has 200 valence electrons. The van der Waals surface area contributed by atoms with Crippen molar-refractivity contribution in [3.63, 3.8) is 0 Å². The van der Waals surface area contributed by atoms with Crippen LogP contribution in [0.4, 0.5) is 5.69 Å². The number of nitrogens with zero attached hydrogens (tertiary/aromatic N) is 2. The number of aromatic nitrogens is 1. The highest BCUT2D eigenvalue weighted by atomic mass is 16.5. The van der Waals surface area contributed by atoms with Gasteiger partial charge in [-0.25, -0.2) is 4.90 Å². The quantitative estimate of drug-likeness (QED) is 0.356. The van der Waals surface area contributed by atoms with Crippen molar-refractivity contribution in [3.05, 3.63) is 83.6 Å². The molecule has 1 N–H and O–H groups in total. The number of carbonyl (C=O) groups is 2. The number of H-pyrrole nitrogens is 1. The van der Waals surface area contributed by atoms with Crippen molar-refractivity contribution in [1.82, 2.24) is 9.88 Å². The number of anilines is 1. The maximum absolute atomic E-state index is 14.0. The number of methoxy groups -OCH3 is 3. The molecule has 3 atom stereocenters. The van der Waals surface area contributed by atoms with Crippen LogP contribution in [0.25, 0.3) is 10.9 Å². The molecule has 2 amide bonds. The molecular weight excluding hydrogens is 494 g/mol. The summed E-state index contributed by atoms with van der Waals surface area (Å²) in [6.45, 7) is 2.72. The fourth-order valence-corrected chi connectivity index (χ4v) is 6.21. The zero-order chi connectivity index (χ0) is 27.3. The van der Waals surface area contributed by atoms with Crippen molar-refractivity contribution in [2.24, 2.45) is 0 Å². The van der Waals surface area contributed by atoms with Gasteiger partial charge < -0.3 is 19.2 Å². The van der Waals surface area contributed by atoms with Gasteiger partial charge >= 0.3 is 0 Å². The summed E-state index contributed by atoms with van der Waals surface area (Å²) in [6, 6.07) is 21.3. The molecule has 3 heterocycles. The summed E-state index contributed by atoms with van der Waals surface area (Å²) in [5.41, 5.74) is 5.00. The Morgan fingerprint density at radius 3 is 2.21 bits per heavy atom.